The summed E-state index contributed by atoms with van der Waals surface area (Å²) in [6, 6.07) is 12.9. The van der Waals surface area contributed by atoms with Gasteiger partial charge in [-0.05, 0) is 35.9 Å². The highest BCUT2D eigenvalue weighted by molar-refractivity contribution is 6.20. The maximum Gasteiger partial charge on any atom is 0.337 e. The minimum absolute atomic E-state index is 0.184. The first-order valence-corrected chi connectivity index (χ1v) is 6.21. The van der Waals surface area contributed by atoms with Gasteiger partial charge >= 0.3 is 5.97 Å². The van der Waals surface area contributed by atoms with Gasteiger partial charge in [-0.3, -0.25) is 4.98 Å². The quantitative estimate of drug-likeness (QED) is 0.866. The molecule has 2 rings (SSSR count). The van der Waals surface area contributed by atoms with Crippen LogP contribution in [0, 0.1) is 0 Å². The van der Waals surface area contributed by atoms with Crippen molar-refractivity contribution in [1.29, 1.82) is 0 Å². The third-order valence-electron chi connectivity index (χ3n) is 2.89. The van der Waals surface area contributed by atoms with Crippen LogP contribution in [0.25, 0.3) is 11.6 Å². The van der Waals surface area contributed by atoms with Crippen LogP contribution in [-0.4, -0.2) is 30.2 Å². The number of carbonyl (C=O) groups is 1. The fourth-order valence-corrected chi connectivity index (χ4v) is 1.80. The molecule has 20 heavy (non-hydrogen) atoms. The molecule has 0 saturated heterocycles. The van der Waals surface area contributed by atoms with Crippen LogP contribution in [0.1, 0.15) is 11.3 Å². The van der Waals surface area contributed by atoms with Crippen LogP contribution in [0.4, 0.5) is 5.69 Å². The van der Waals surface area contributed by atoms with Crippen molar-refractivity contribution in [3.8, 4) is 0 Å². The van der Waals surface area contributed by atoms with Crippen molar-refractivity contribution in [2.24, 2.45) is 0 Å². The summed E-state index contributed by atoms with van der Waals surface area (Å²) in [6.07, 6.45) is 3.21. The third kappa shape index (κ3) is 3.23. The number of nitrogens with zero attached hydrogens (tertiary/aromatic N) is 2. The highest BCUT2D eigenvalue weighted by Gasteiger charge is 2.11. The number of benzene rings is 1. The topological polar surface area (TPSA) is 53.4 Å². The number of carboxylic acid groups (broad SMARTS) is 1. The second kappa shape index (κ2) is 6.02. The summed E-state index contributed by atoms with van der Waals surface area (Å²) >= 11 is 0. The number of aromatic nitrogens is 1. The minimum Gasteiger partial charge on any atom is -0.478 e. The van der Waals surface area contributed by atoms with E-state index in [1.807, 2.05) is 43.3 Å². The van der Waals surface area contributed by atoms with Gasteiger partial charge in [-0.25, -0.2) is 4.79 Å². The second-order valence-electron chi connectivity index (χ2n) is 4.56. The van der Waals surface area contributed by atoms with E-state index in [2.05, 4.69) is 4.98 Å². The molecule has 0 unspecified atom stereocenters. The highest BCUT2D eigenvalue weighted by Crippen LogP contribution is 2.19. The Morgan fingerprint density at radius 1 is 1.15 bits per heavy atom. The Labute approximate surface area is 118 Å². The summed E-state index contributed by atoms with van der Waals surface area (Å²) in [7, 11) is 3.92. The van der Waals surface area contributed by atoms with E-state index in [-0.39, 0.29) is 5.57 Å². The fourth-order valence-electron chi connectivity index (χ4n) is 1.80. The van der Waals surface area contributed by atoms with Crippen molar-refractivity contribution in [3.05, 3.63) is 59.9 Å². The van der Waals surface area contributed by atoms with Crippen molar-refractivity contribution < 1.29 is 9.90 Å². The predicted molar refractivity (Wildman–Crippen MR) is 80.5 cm³/mol. The Morgan fingerprint density at radius 3 is 2.35 bits per heavy atom. The molecule has 0 bridgehead atoms. The minimum atomic E-state index is -0.986. The van der Waals surface area contributed by atoms with Crippen molar-refractivity contribution in [2.45, 2.75) is 0 Å². The maximum absolute atomic E-state index is 11.4. The lowest BCUT2D eigenvalue weighted by molar-refractivity contribution is -0.130. The van der Waals surface area contributed by atoms with Gasteiger partial charge in [0.25, 0.3) is 0 Å². The van der Waals surface area contributed by atoms with Crippen molar-refractivity contribution in [1.82, 2.24) is 4.98 Å². The fraction of sp³-hybridized carbons (Fsp3) is 0.125. The Morgan fingerprint density at radius 2 is 1.85 bits per heavy atom. The number of hydrogen-bond acceptors (Lipinski definition) is 3. The van der Waals surface area contributed by atoms with Crippen LogP contribution in [0.5, 0.6) is 0 Å². The molecule has 4 heteroatoms. The predicted octanol–water partition coefficient (Wildman–Crippen LogP) is 2.77. The lowest BCUT2D eigenvalue weighted by atomic mass is 10.1. The Balaban J connectivity index is 2.37. The molecule has 1 aromatic heterocycles. The zero-order valence-electron chi connectivity index (χ0n) is 11.4. The van der Waals surface area contributed by atoms with Gasteiger partial charge in [0.1, 0.15) is 0 Å². The van der Waals surface area contributed by atoms with Gasteiger partial charge in [0.2, 0.25) is 0 Å². The van der Waals surface area contributed by atoms with Crippen LogP contribution >= 0.6 is 0 Å². The Kier molecular flexibility index (Phi) is 4.15. The third-order valence-corrected chi connectivity index (χ3v) is 2.89. The van der Waals surface area contributed by atoms with E-state index in [1.54, 1.807) is 30.5 Å². The standard InChI is InChI=1S/C16H16N2O2/c1-18(2)13-8-6-12(7-9-13)11-14(16(19)20)15-5-3-4-10-17-15/h3-11H,1-2H3,(H,19,20). The van der Waals surface area contributed by atoms with Crippen molar-refractivity contribution in [2.75, 3.05) is 19.0 Å². The average molecular weight is 268 g/mol. The van der Waals surface area contributed by atoms with Gasteiger partial charge in [0.05, 0.1) is 11.3 Å². The average Bonchev–Trinajstić information content (AvgIpc) is 2.46. The van der Waals surface area contributed by atoms with Gasteiger partial charge in [-0.15, -0.1) is 0 Å². The number of rotatable bonds is 4. The number of hydrogen-bond donors (Lipinski definition) is 1. The SMILES string of the molecule is CN(C)c1ccc(C=C(C(=O)O)c2ccccn2)cc1. The Hall–Kier alpha value is -2.62. The highest BCUT2D eigenvalue weighted by atomic mass is 16.4. The number of pyridine rings is 1. The van der Waals surface area contributed by atoms with E-state index < -0.39 is 5.97 Å². The molecule has 0 aliphatic carbocycles. The first-order chi connectivity index (χ1) is 9.58. The van der Waals surface area contributed by atoms with Gasteiger partial charge in [0.15, 0.2) is 0 Å². The summed E-state index contributed by atoms with van der Waals surface area (Å²) in [5.41, 5.74) is 2.54. The molecule has 1 heterocycles. The van der Waals surface area contributed by atoms with Crippen molar-refractivity contribution >= 4 is 23.3 Å². The van der Waals surface area contributed by atoms with Gasteiger partial charge in [-0.1, -0.05) is 18.2 Å². The maximum atomic E-state index is 11.4. The molecule has 1 aromatic carbocycles. The molecule has 0 atom stereocenters. The number of aliphatic carboxylic acids is 1. The lowest BCUT2D eigenvalue weighted by Gasteiger charge is -2.12. The van der Waals surface area contributed by atoms with Crippen LogP contribution in [0.3, 0.4) is 0 Å². The second-order valence-corrected chi connectivity index (χ2v) is 4.56. The van der Waals surface area contributed by atoms with Gasteiger partial charge in [0, 0.05) is 26.0 Å². The number of carboxylic acids is 1. The van der Waals surface area contributed by atoms with E-state index in [0.717, 1.165) is 11.3 Å². The van der Waals surface area contributed by atoms with Gasteiger partial charge in [-0.2, -0.15) is 0 Å². The smallest absolute Gasteiger partial charge is 0.337 e. The number of anilines is 1. The molecule has 4 nitrogen and oxygen atoms in total. The summed E-state index contributed by atoms with van der Waals surface area (Å²) in [4.78, 5) is 17.4. The summed E-state index contributed by atoms with van der Waals surface area (Å²) in [5, 5.41) is 9.31. The first-order valence-electron chi connectivity index (χ1n) is 6.21. The van der Waals surface area contributed by atoms with Crippen LogP contribution in [0.2, 0.25) is 0 Å². The van der Waals surface area contributed by atoms with E-state index in [0.29, 0.717) is 5.69 Å². The summed E-state index contributed by atoms with van der Waals surface area (Å²) in [6.45, 7) is 0. The van der Waals surface area contributed by atoms with Crippen molar-refractivity contribution in [3.63, 3.8) is 0 Å². The molecule has 0 aliphatic rings. The molecule has 102 valence electrons. The molecular formula is C16H16N2O2. The molecule has 0 saturated carbocycles. The van der Waals surface area contributed by atoms with Crippen LogP contribution in [-0.2, 0) is 4.79 Å². The molecule has 2 aromatic rings. The molecule has 0 amide bonds. The van der Waals surface area contributed by atoms with E-state index in [9.17, 15) is 9.90 Å². The Bertz CT molecular complexity index is 617. The van der Waals surface area contributed by atoms with E-state index in [1.165, 1.54) is 0 Å². The lowest BCUT2D eigenvalue weighted by Crippen LogP contribution is -2.08. The van der Waals surface area contributed by atoms with Gasteiger partial charge < -0.3 is 10.0 Å². The monoisotopic (exact) mass is 268 g/mol. The normalized spacial score (nSPS) is 11.2. The molecule has 1 N–H and O–H groups in total. The summed E-state index contributed by atoms with van der Waals surface area (Å²) in [5.74, 6) is -0.986. The zero-order valence-corrected chi connectivity index (χ0v) is 11.4. The molecule has 0 radical (unpaired) electrons. The first kappa shape index (κ1) is 13.8. The zero-order chi connectivity index (χ0) is 14.5. The van der Waals surface area contributed by atoms with Crippen LogP contribution in [0.15, 0.2) is 48.7 Å². The van der Waals surface area contributed by atoms with E-state index >= 15 is 0 Å². The molecular weight excluding hydrogens is 252 g/mol. The summed E-state index contributed by atoms with van der Waals surface area (Å²) < 4.78 is 0. The van der Waals surface area contributed by atoms with E-state index in [4.69, 9.17) is 0 Å². The molecule has 0 aliphatic heterocycles. The molecule has 0 fully saturated rings. The molecule has 0 spiro atoms. The largest absolute Gasteiger partial charge is 0.478 e. The van der Waals surface area contributed by atoms with Crippen LogP contribution < -0.4 is 4.90 Å².